The van der Waals surface area contributed by atoms with Crippen LogP contribution in [-0.4, -0.2) is 11.9 Å². The van der Waals surface area contributed by atoms with E-state index in [2.05, 4.69) is 21.2 Å². The first kappa shape index (κ1) is 11.9. The smallest absolute Gasteiger partial charge is 0.252 e. The van der Waals surface area contributed by atoms with Crippen molar-refractivity contribution in [1.29, 1.82) is 0 Å². The Hall–Kier alpha value is -0.540. The van der Waals surface area contributed by atoms with E-state index in [0.29, 0.717) is 21.1 Å². The minimum absolute atomic E-state index is 0.0405. The van der Waals surface area contributed by atoms with Crippen molar-refractivity contribution >= 4 is 33.4 Å². The molecule has 1 N–H and O–H groups in total. The molecular weight excluding hydrogens is 289 g/mol. The summed E-state index contributed by atoms with van der Waals surface area (Å²) in [5, 5.41) is 3.60. The molecule has 0 atom stereocenters. The zero-order valence-electron chi connectivity index (χ0n) is 8.80. The normalized spacial score (nSPS) is 16.4. The van der Waals surface area contributed by atoms with Gasteiger partial charge < -0.3 is 5.32 Å². The highest BCUT2D eigenvalue weighted by Crippen LogP contribution is 2.26. The number of hydrogen-bond acceptors (Lipinski definition) is 1. The molecule has 1 aromatic carbocycles. The Morgan fingerprint density at radius 1 is 1.38 bits per heavy atom. The molecule has 0 unspecified atom stereocenters. The first-order valence-electron chi connectivity index (χ1n) is 5.43. The largest absolute Gasteiger partial charge is 0.349 e. The van der Waals surface area contributed by atoms with Crippen LogP contribution in [0.5, 0.6) is 0 Å². The Balaban J connectivity index is 2.11. The predicted molar refractivity (Wildman–Crippen MR) is 68.9 cm³/mol. The van der Waals surface area contributed by atoms with Gasteiger partial charge in [0.15, 0.2) is 0 Å². The zero-order valence-corrected chi connectivity index (χ0v) is 11.1. The highest BCUT2D eigenvalue weighted by molar-refractivity contribution is 9.10. The van der Waals surface area contributed by atoms with Gasteiger partial charge in [-0.25, -0.2) is 0 Å². The van der Waals surface area contributed by atoms with E-state index in [9.17, 15) is 4.79 Å². The maximum atomic E-state index is 12.0. The number of amides is 1. The molecular formula is C12H13BrClNO. The molecule has 1 aliphatic carbocycles. The summed E-state index contributed by atoms with van der Waals surface area (Å²) in [7, 11) is 0. The van der Waals surface area contributed by atoms with Crippen LogP contribution in [0.4, 0.5) is 0 Å². The zero-order chi connectivity index (χ0) is 11.5. The fraction of sp³-hybridized carbons (Fsp3) is 0.417. The number of rotatable bonds is 2. The lowest BCUT2D eigenvalue weighted by Crippen LogP contribution is -2.32. The SMILES string of the molecule is O=C(NC1CCCC1)c1cccc(Cl)c1Br. The van der Waals surface area contributed by atoms with E-state index in [-0.39, 0.29) is 5.91 Å². The number of nitrogens with one attached hydrogen (secondary N) is 1. The molecule has 0 aliphatic heterocycles. The molecule has 1 fully saturated rings. The third-order valence-corrected chi connectivity index (χ3v) is 4.28. The summed E-state index contributed by atoms with van der Waals surface area (Å²) in [5.41, 5.74) is 0.611. The van der Waals surface area contributed by atoms with Crippen molar-refractivity contribution < 1.29 is 4.79 Å². The van der Waals surface area contributed by atoms with Crippen LogP contribution in [0.15, 0.2) is 22.7 Å². The summed E-state index contributed by atoms with van der Waals surface area (Å²) in [6.07, 6.45) is 4.59. The average Bonchev–Trinajstić information content (AvgIpc) is 2.74. The second kappa shape index (κ2) is 5.19. The molecule has 4 heteroatoms. The van der Waals surface area contributed by atoms with Crippen LogP contribution in [0.3, 0.4) is 0 Å². The number of carbonyl (C=O) groups excluding carboxylic acids is 1. The number of halogens is 2. The minimum Gasteiger partial charge on any atom is -0.349 e. The Morgan fingerprint density at radius 3 is 2.75 bits per heavy atom. The number of hydrogen-bond donors (Lipinski definition) is 1. The Bertz CT molecular complexity index is 402. The van der Waals surface area contributed by atoms with Crippen LogP contribution < -0.4 is 5.32 Å². The van der Waals surface area contributed by atoms with Crippen LogP contribution >= 0.6 is 27.5 Å². The fourth-order valence-electron chi connectivity index (χ4n) is 2.01. The summed E-state index contributed by atoms with van der Waals surface area (Å²) >= 11 is 9.29. The molecule has 2 rings (SSSR count). The van der Waals surface area contributed by atoms with Crippen LogP contribution in [0, 0.1) is 0 Å². The summed E-state index contributed by atoms with van der Waals surface area (Å²) in [4.78, 5) is 12.0. The molecule has 16 heavy (non-hydrogen) atoms. The van der Waals surface area contributed by atoms with Crippen LogP contribution in [0.25, 0.3) is 0 Å². The maximum Gasteiger partial charge on any atom is 0.252 e. The number of benzene rings is 1. The van der Waals surface area contributed by atoms with Crippen molar-refractivity contribution in [1.82, 2.24) is 5.32 Å². The first-order valence-corrected chi connectivity index (χ1v) is 6.60. The maximum absolute atomic E-state index is 12.0. The molecule has 2 nitrogen and oxygen atoms in total. The van der Waals surface area contributed by atoms with Crippen molar-refractivity contribution in [3.63, 3.8) is 0 Å². The van der Waals surface area contributed by atoms with Gasteiger partial charge in [0, 0.05) is 10.5 Å². The van der Waals surface area contributed by atoms with Gasteiger partial charge in [0.2, 0.25) is 0 Å². The molecule has 1 aliphatic rings. The standard InChI is InChI=1S/C12H13BrClNO/c13-11-9(6-3-7-10(11)14)12(16)15-8-4-1-2-5-8/h3,6-8H,1-2,4-5H2,(H,15,16). The molecule has 0 spiro atoms. The van der Waals surface area contributed by atoms with Crippen LogP contribution in [0.1, 0.15) is 36.0 Å². The third kappa shape index (κ3) is 2.58. The highest BCUT2D eigenvalue weighted by Gasteiger charge is 2.19. The summed E-state index contributed by atoms with van der Waals surface area (Å²) < 4.78 is 0.673. The van der Waals surface area contributed by atoms with Gasteiger partial charge in [0.05, 0.1) is 10.6 Å². The van der Waals surface area contributed by atoms with E-state index < -0.39 is 0 Å². The predicted octanol–water partition coefficient (Wildman–Crippen LogP) is 3.77. The Labute approximate surface area is 108 Å². The van der Waals surface area contributed by atoms with Gasteiger partial charge in [-0.15, -0.1) is 0 Å². The molecule has 0 aromatic heterocycles. The Morgan fingerprint density at radius 2 is 2.06 bits per heavy atom. The van der Waals surface area contributed by atoms with Gasteiger partial charge in [0.1, 0.15) is 0 Å². The Kier molecular flexibility index (Phi) is 3.87. The van der Waals surface area contributed by atoms with E-state index in [1.807, 2.05) is 0 Å². The molecule has 0 radical (unpaired) electrons. The van der Waals surface area contributed by atoms with Gasteiger partial charge in [-0.3, -0.25) is 4.79 Å². The summed E-state index contributed by atoms with van der Waals surface area (Å²) in [6, 6.07) is 5.66. The second-order valence-electron chi connectivity index (χ2n) is 4.06. The van der Waals surface area contributed by atoms with Crippen molar-refractivity contribution in [3.8, 4) is 0 Å². The number of carbonyl (C=O) groups is 1. The third-order valence-electron chi connectivity index (χ3n) is 2.89. The van der Waals surface area contributed by atoms with Gasteiger partial charge >= 0.3 is 0 Å². The van der Waals surface area contributed by atoms with Crippen LogP contribution in [-0.2, 0) is 0 Å². The van der Waals surface area contributed by atoms with E-state index in [0.717, 1.165) is 12.8 Å². The quantitative estimate of drug-likeness (QED) is 0.885. The average molecular weight is 303 g/mol. The van der Waals surface area contributed by atoms with Crippen molar-refractivity contribution in [2.75, 3.05) is 0 Å². The molecule has 86 valence electrons. The van der Waals surface area contributed by atoms with E-state index in [4.69, 9.17) is 11.6 Å². The van der Waals surface area contributed by atoms with E-state index >= 15 is 0 Å². The fourth-order valence-corrected chi connectivity index (χ4v) is 2.63. The van der Waals surface area contributed by atoms with Crippen molar-refractivity contribution in [3.05, 3.63) is 33.3 Å². The first-order chi connectivity index (χ1) is 7.68. The van der Waals surface area contributed by atoms with E-state index in [1.165, 1.54) is 12.8 Å². The monoisotopic (exact) mass is 301 g/mol. The highest BCUT2D eigenvalue weighted by atomic mass is 79.9. The van der Waals surface area contributed by atoms with Gasteiger partial charge in [-0.2, -0.15) is 0 Å². The lowest BCUT2D eigenvalue weighted by atomic mass is 10.2. The summed E-state index contributed by atoms with van der Waals surface area (Å²) in [5.74, 6) is -0.0405. The lowest BCUT2D eigenvalue weighted by Gasteiger charge is -2.13. The van der Waals surface area contributed by atoms with Gasteiger partial charge in [-0.1, -0.05) is 30.5 Å². The molecule has 0 bridgehead atoms. The van der Waals surface area contributed by atoms with Crippen molar-refractivity contribution in [2.45, 2.75) is 31.7 Å². The minimum atomic E-state index is -0.0405. The van der Waals surface area contributed by atoms with Gasteiger partial charge in [0.25, 0.3) is 5.91 Å². The molecule has 1 saturated carbocycles. The lowest BCUT2D eigenvalue weighted by molar-refractivity contribution is 0.0937. The topological polar surface area (TPSA) is 29.1 Å². The molecule has 1 aromatic rings. The summed E-state index contributed by atoms with van der Waals surface area (Å²) in [6.45, 7) is 0. The molecule has 1 amide bonds. The molecule has 0 saturated heterocycles. The van der Waals surface area contributed by atoms with Crippen LogP contribution in [0.2, 0.25) is 5.02 Å². The van der Waals surface area contributed by atoms with Crippen molar-refractivity contribution in [2.24, 2.45) is 0 Å². The van der Waals surface area contributed by atoms with E-state index in [1.54, 1.807) is 18.2 Å². The second-order valence-corrected chi connectivity index (χ2v) is 5.26. The molecule has 0 heterocycles. The van der Waals surface area contributed by atoms with Gasteiger partial charge in [-0.05, 0) is 40.9 Å².